The van der Waals surface area contributed by atoms with Gasteiger partial charge in [-0.2, -0.15) is 0 Å². The Morgan fingerprint density at radius 2 is 1.76 bits per heavy atom. The largest absolute Gasteiger partial charge is 0.355 e. The predicted molar refractivity (Wildman–Crippen MR) is 105 cm³/mol. The van der Waals surface area contributed by atoms with Gasteiger partial charge in [0, 0.05) is 13.0 Å². The number of rotatable bonds is 10. The van der Waals surface area contributed by atoms with E-state index in [2.05, 4.69) is 31.1 Å². The van der Waals surface area contributed by atoms with E-state index in [9.17, 15) is 9.59 Å². The Hall–Kier alpha value is -1.88. The van der Waals surface area contributed by atoms with Crippen molar-refractivity contribution in [2.45, 2.75) is 60.5 Å². The molecule has 142 valence electrons. The first-order valence-electron chi connectivity index (χ1n) is 8.80. The van der Waals surface area contributed by atoms with Gasteiger partial charge in [-0.1, -0.05) is 71.1 Å². The molecule has 2 amide bonds. The number of carbonyl (C=O) groups excluding carboxylic acids is 2. The molecule has 1 atom stereocenters. The van der Waals surface area contributed by atoms with Crippen LogP contribution < -0.4 is 16.4 Å². The van der Waals surface area contributed by atoms with Crippen LogP contribution in [0.5, 0.6) is 0 Å². The second-order valence-electron chi connectivity index (χ2n) is 7.29. The fraction of sp³-hybridized carbons (Fsp3) is 0.600. The molecule has 0 aliphatic carbocycles. The number of nitrogens with two attached hydrogens (primary N) is 1. The highest BCUT2D eigenvalue weighted by Gasteiger charge is 2.43. The van der Waals surface area contributed by atoms with Gasteiger partial charge in [0.25, 0.3) is 0 Å². The van der Waals surface area contributed by atoms with Crippen LogP contribution in [0.2, 0.25) is 0 Å². The minimum Gasteiger partial charge on any atom is -0.355 e. The lowest BCUT2D eigenvalue weighted by molar-refractivity contribution is -0.134. The summed E-state index contributed by atoms with van der Waals surface area (Å²) in [7, 11) is 0. The summed E-state index contributed by atoms with van der Waals surface area (Å²) < 4.78 is 0. The molecule has 0 radical (unpaired) electrons. The third-order valence-electron chi connectivity index (χ3n) is 5.12. The first-order valence-corrected chi connectivity index (χ1v) is 8.80. The molecule has 0 heterocycles. The summed E-state index contributed by atoms with van der Waals surface area (Å²) in [4.78, 5) is 24.0. The monoisotopic (exact) mass is 349 g/mol. The highest BCUT2D eigenvalue weighted by atomic mass is 16.2. The highest BCUT2D eigenvalue weighted by molar-refractivity contribution is 5.83. The first-order chi connectivity index (χ1) is 11.5. The smallest absolute Gasteiger partial charge is 0.226 e. The zero-order valence-electron chi connectivity index (χ0n) is 16.6. The lowest BCUT2D eigenvalue weighted by Gasteiger charge is -2.41. The second-order valence-corrected chi connectivity index (χ2v) is 7.29. The lowest BCUT2D eigenvalue weighted by Crippen LogP contribution is -2.49. The Bertz CT molecular complexity index is 531. The molecule has 0 rings (SSSR count). The maximum absolute atomic E-state index is 12.7. The quantitative estimate of drug-likeness (QED) is 0.419. The first kappa shape index (κ1) is 23.1. The average Bonchev–Trinajstić information content (AvgIpc) is 2.54. The van der Waals surface area contributed by atoms with Crippen LogP contribution in [0.25, 0.3) is 0 Å². The van der Waals surface area contributed by atoms with E-state index in [4.69, 9.17) is 5.73 Å². The van der Waals surface area contributed by atoms with Gasteiger partial charge < -0.3 is 16.4 Å². The second kappa shape index (κ2) is 10.2. The standard InChI is InChI=1S/C20H35N3O2/c1-8-10-11-12-15(3)19(4,5)20(6,7)18(25)22-14-13-16(21)23-17(24)9-2/h8,10-12,16H,1,9,13-14,21H2,2-7H3,(H,22,25)(H,23,24)/b11-10-,15-12+. The highest BCUT2D eigenvalue weighted by Crippen LogP contribution is 2.44. The van der Waals surface area contributed by atoms with E-state index in [0.717, 1.165) is 5.57 Å². The van der Waals surface area contributed by atoms with Gasteiger partial charge in [-0.05, 0) is 18.8 Å². The number of carbonyl (C=O) groups is 2. The Labute approximate surface area is 152 Å². The van der Waals surface area contributed by atoms with Gasteiger partial charge >= 0.3 is 0 Å². The van der Waals surface area contributed by atoms with Crippen LogP contribution >= 0.6 is 0 Å². The van der Waals surface area contributed by atoms with E-state index in [1.807, 2.05) is 39.0 Å². The summed E-state index contributed by atoms with van der Waals surface area (Å²) >= 11 is 0. The fourth-order valence-corrected chi connectivity index (χ4v) is 2.21. The summed E-state index contributed by atoms with van der Waals surface area (Å²) in [6.07, 6.45) is 7.95. The minimum atomic E-state index is -0.605. The molecule has 0 aliphatic heterocycles. The van der Waals surface area contributed by atoms with E-state index in [1.165, 1.54) is 0 Å². The van der Waals surface area contributed by atoms with Crippen molar-refractivity contribution in [2.24, 2.45) is 16.6 Å². The number of nitrogens with one attached hydrogen (secondary N) is 2. The van der Waals surface area contributed by atoms with Crippen molar-refractivity contribution >= 4 is 11.8 Å². The number of hydrogen-bond donors (Lipinski definition) is 3. The Morgan fingerprint density at radius 1 is 1.16 bits per heavy atom. The number of allylic oxidation sites excluding steroid dienone is 5. The van der Waals surface area contributed by atoms with Gasteiger partial charge in [0.05, 0.1) is 11.6 Å². The summed E-state index contributed by atoms with van der Waals surface area (Å²) in [6, 6.07) is 0. The van der Waals surface area contributed by atoms with Gasteiger partial charge in [-0.25, -0.2) is 0 Å². The fourth-order valence-electron chi connectivity index (χ4n) is 2.21. The van der Waals surface area contributed by atoms with Crippen LogP contribution in [0, 0.1) is 10.8 Å². The number of hydrogen-bond acceptors (Lipinski definition) is 3. The predicted octanol–water partition coefficient (Wildman–Crippen LogP) is 3.04. The molecule has 4 N–H and O–H groups in total. The molecule has 5 nitrogen and oxygen atoms in total. The van der Waals surface area contributed by atoms with Crippen molar-refractivity contribution in [3.8, 4) is 0 Å². The van der Waals surface area contributed by atoms with E-state index < -0.39 is 11.6 Å². The summed E-state index contributed by atoms with van der Waals surface area (Å²) in [6.45, 7) is 15.9. The summed E-state index contributed by atoms with van der Waals surface area (Å²) in [5.41, 5.74) is 6.01. The topological polar surface area (TPSA) is 84.2 Å². The maximum atomic E-state index is 12.7. The van der Waals surface area contributed by atoms with Crippen molar-refractivity contribution in [2.75, 3.05) is 6.54 Å². The SMILES string of the molecule is C=C/C=C\C=C(/C)C(C)(C)C(C)(C)C(=O)NCCC(N)NC(=O)CC. The van der Waals surface area contributed by atoms with Gasteiger partial charge in [0.15, 0.2) is 0 Å². The molecule has 25 heavy (non-hydrogen) atoms. The Balaban J connectivity index is 4.81. The van der Waals surface area contributed by atoms with Crippen LogP contribution in [0.15, 0.2) is 36.5 Å². The van der Waals surface area contributed by atoms with Crippen molar-refractivity contribution in [1.82, 2.24) is 10.6 Å². The van der Waals surface area contributed by atoms with Crippen LogP contribution in [0.4, 0.5) is 0 Å². The van der Waals surface area contributed by atoms with E-state index in [0.29, 0.717) is 19.4 Å². The third kappa shape index (κ3) is 6.86. The summed E-state index contributed by atoms with van der Waals surface area (Å²) in [5, 5.41) is 5.62. The van der Waals surface area contributed by atoms with Crippen LogP contribution in [0.1, 0.15) is 54.4 Å². The lowest BCUT2D eigenvalue weighted by atomic mass is 9.63. The maximum Gasteiger partial charge on any atom is 0.226 e. The molecule has 1 unspecified atom stereocenters. The van der Waals surface area contributed by atoms with Crippen LogP contribution in [-0.2, 0) is 9.59 Å². The third-order valence-corrected chi connectivity index (χ3v) is 5.12. The molecule has 0 aromatic carbocycles. The molecule has 0 saturated carbocycles. The minimum absolute atomic E-state index is 0.0352. The molecule has 0 spiro atoms. The zero-order chi connectivity index (χ0) is 19.7. The van der Waals surface area contributed by atoms with Crippen molar-refractivity contribution in [1.29, 1.82) is 0 Å². The van der Waals surface area contributed by atoms with Gasteiger partial charge in [-0.3, -0.25) is 9.59 Å². The molecule has 0 aliphatic rings. The van der Waals surface area contributed by atoms with Gasteiger partial charge in [0.1, 0.15) is 0 Å². The van der Waals surface area contributed by atoms with E-state index in [1.54, 1.807) is 13.0 Å². The Morgan fingerprint density at radius 3 is 2.28 bits per heavy atom. The van der Waals surface area contributed by atoms with E-state index >= 15 is 0 Å². The zero-order valence-corrected chi connectivity index (χ0v) is 16.6. The molecule has 0 fully saturated rings. The molecular formula is C20H35N3O2. The van der Waals surface area contributed by atoms with Crippen LogP contribution in [0.3, 0.4) is 0 Å². The molecule has 5 heteroatoms. The molecular weight excluding hydrogens is 314 g/mol. The normalized spacial score (nSPS) is 14.3. The summed E-state index contributed by atoms with van der Waals surface area (Å²) in [5.74, 6) is -0.124. The van der Waals surface area contributed by atoms with Crippen LogP contribution in [-0.4, -0.2) is 24.5 Å². The van der Waals surface area contributed by atoms with Crippen molar-refractivity contribution in [3.63, 3.8) is 0 Å². The Kier molecular flexibility index (Phi) is 9.42. The molecule has 0 aromatic heterocycles. The van der Waals surface area contributed by atoms with E-state index in [-0.39, 0.29) is 17.2 Å². The van der Waals surface area contributed by atoms with Gasteiger partial charge in [0.2, 0.25) is 11.8 Å². The average molecular weight is 350 g/mol. The molecule has 0 aromatic rings. The van der Waals surface area contributed by atoms with Gasteiger partial charge in [-0.15, -0.1) is 0 Å². The molecule has 0 bridgehead atoms. The number of amides is 2. The van der Waals surface area contributed by atoms with Crippen molar-refractivity contribution in [3.05, 3.63) is 36.5 Å². The molecule has 0 saturated heterocycles. The van der Waals surface area contributed by atoms with Crippen molar-refractivity contribution < 1.29 is 9.59 Å².